The molecule has 1 aromatic heterocycles. The summed E-state index contributed by atoms with van der Waals surface area (Å²) in [5.74, 6) is 0.214. The second-order valence-corrected chi connectivity index (χ2v) is 7.98. The van der Waals surface area contributed by atoms with Crippen molar-refractivity contribution in [3.05, 3.63) is 51.8 Å². The van der Waals surface area contributed by atoms with Gasteiger partial charge in [-0.15, -0.1) is 0 Å². The van der Waals surface area contributed by atoms with E-state index in [0.29, 0.717) is 16.6 Å². The fourth-order valence-electron chi connectivity index (χ4n) is 3.41. The van der Waals surface area contributed by atoms with Gasteiger partial charge in [0.25, 0.3) is 0 Å². The highest BCUT2D eigenvalue weighted by Gasteiger charge is 2.33. The van der Waals surface area contributed by atoms with Crippen LogP contribution in [-0.4, -0.2) is 40.5 Å². The van der Waals surface area contributed by atoms with Crippen LogP contribution in [0.2, 0.25) is 10.0 Å². The van der Waals surface area contributed by atoms with E-state index in [9.17, 15) is 13.2 Å². The maximum Gasteiger partial charge on any atom is 0.433 e. The van der Waals surface area contributed by atoms with Gasteiger partial charge in [0.2, 0.25) is 5.95 Å². The third kappa shape index (κ3) is 6.18. The van der Waals surface area contributed by atoms with E-state index in [2.05, 4.69) is 20.2 Å². The lowest BCUT2D eigenvalue weighted by Crippen LogP contribution is -2.43. The van der Waals surface area contributed by atoms with Gasteiger partial charge in [-0.2, -0.15) is 13.2 Å². The zero-order valence-electron chi connectivity index (χ0n) is 15.6. The Morgan fingerprint density at radius 3 is 2.55 bits per heavy atom. The second kappa shape index (κ2) is 9.47. The largest absolute Gasteiger partial charge is 0.433 e. The summed E-state index contributed by atoms with van der Waals surface area (Å²) in [6.07, 6.45) is -1.59. The minimum Gasteiger partial charge on any atom is -0.353 e. The Balaban J connectivity index is 1.46. The summed E-state index contributed by atoms with van der Waals surface area (Å²) in [7, 11) is 0. The van der Waals surface area contributed by atoms with Crippen molar-refractivity contribution in [2.45, 2.75) is 31.6 Å². The van der Waals surface area contributed by atoms with Gasteiger partial charge in [-0.05, 0) is 55.6 Å². The number of nitrogens with two attached hydrogens (primary N) is 1. The molecule has 0 amide bonds. The quantitative estimate of drug-likeness (QED) is 0.684. The smallest absolute Gasteiger partial charge is 0.353 e. The van der Waals surface area contributed by atoms with Crippen molar-refractivity contribution >= 4 is 29.2 Å². The van der Waals surface area contributed by atoms with E-state index in [1.54, 1.807) is 6.07 Å². The Labute approximate surface area is 177 Å². The molecular weight excluding hydrogens is 426 g/mol. The van der Waals surface area contributed by atoms with Gasteiger partial charge in [-0.25, -0.2) is 9.97 Å². The molecule has 2 heterocycles. The molecule has 0 spiro atoms. The van der Waals surface area contributed by atoms with E-state index in [4.69, 9.17) is 28.9 Å². The Morgan fingerprint density at radius 2 is 1.90 bits per heavy atom. The van der Waals surface area contributed by atoms with Crippen molar-refractivity contribution in [2.75, 3.05) is 25.0 Å². The van der Waals surface area contributed by atoms with E-state index in [-0.39, 0.29) is 17.9 Å². The molecule has 1 atom stereocenters. The van der Waals surface area contributed by atoms with Crippen LogP contribution in [0.15, 0.2) is 30.5 Å². The van der Waals surface area contributed by atoms with Crippen LogP contribution in [0.1, 0.15) is 24.1 Å². The summed E-state index contributed by atoms with van der Waals surface area (Å²) in [6, 6.07) is 6.28. The fraction of sp³-hybridized carbons (Fsp3) is 0.474. The molecule has 2 aromatic rings. The van der Waals surface area contributed by atoms with E-state index in [1.165, 1.54) is 0 Å². The summed E-state index contributed by atoms with van der Waals surface area (Å²) in [6.45, 7) is 2.88. The van der Waals surface area contributed by atoms with Crippen LogP contribution in [-0.2, 0) is 12.7 Å². The molecule has 0 saturated carbocycles. The summed E-state index contributed by atoms with van der Waals surface area (Å²) in [5.41, 5.74) is 6.39. The van der Waals surface area contributed by atoms with E-state index in [0.717, 1.165) is 50.3 Å². The average Bonchev–Trinajstić information content (AvgIpc) is 2.69. The number of likely N-dealkylation sites (tertiary alicyclic amines) is 1. The summed E-state index contributed by atoms with van der Waals surface area (Å²) in [5, 5.41) is 3.91. The standard InChI is InChI=1S/C19H22Cl2F3N5/c20-14-2-1-12(9-15(14)21)11-29-7-4-13(5-8-29)16(25)10-27-18-26-6-3-17(28-18)19(22,23)24/h1-3,6,9,13,16H,4-5,7-8,10-11,25H2,(H,26,27,28). The molecule has 5 nitrogen and oxygen atoms in total. The highest BCUT2D eigenvalue weighted by molar-refractivity contribution is 6.42. The third-order valence-corrected chi connectivity index (χ3v) is 5.81. The number of nitrogens with zero attached hydrogens (tertiary/aromatic N) is 3. The molecule has 1 aromatic carbocycles. The molecule has 1 aliphatic rings. The Bertz CT molecular complexity index is 826. The summed E-state index contributed by atoms with van der Waals surface area (Å²) < 4.78 is 38.2. The molecule has 158 valence electrons. The van der Waals surface area contributed by atoms with Gasteiger partial charge in [-0.1, -0.05) is 29.3 Å². The van der Waals surface area contributed by atoms with Gasteiger partial charge in [0.15, 0.2) is 0 Å². The molecule has 0 radical (unpaired) electrons. The zero-order valence-corrected chi connectivity index (χ0v) is 17.1. The molecule has 10 heteroatoms. The second-order valence-electron chi connectivity index (χ2n) is 7.17. The predicted molar refractivity (Wildman–Crippen MR) is 108 cm³/mol. The Kier molecular flexibility index (Phi) is 7.21. The molecule has 1 fully saturated rings. The van der Waals surface area contributed by atoms with E-state index < -0.39 is 11.9 Å². The Hall–Kier alpha value is -1.61. The number of aromatic nitrogens is 2. The van der Waals surface area contributed by atoms with Crippen molar-refractivity contribution in [2.24, 2.45) is 11.7 Å². The molecule has 3 rings (SSSR count). The van der Waals surface area contributed by atoms with Gasteiger partial charge >= 0.3 is 6.18 Å². The maximum absolute atomic E-state index is 12.7. The molecule has 1 unspecified atom stereocenters. The number of hydrogen-bond donors (Lipinski definition) is 2. The lowest BCUT2D eigenvalue weighted by molar-refractivity contribution is -0.141. The number of alkyl halides is 3. The number of benzene rings is 1. The fourth-order valence-corrected chi connectivity index (χ4v) is 3.73. The first-order chi connectivity index (χ1) is 13.7. The van der Waals surface area contributed by atoms with Crippen LogP contribution < -0.4 is 11.1 Å². The topological polar surface area (TPSA) is 67.1 Å². The number of piperidine rings is 1. The summed E-state index contributed by atoms with van der Waals surface area (Å²) >= 11 is 12.0. The SMILES string of the molecule is NC(CNc1nccc(C(F)(F)F)n1)C1CCN(Cc2ccc(Cl)c(Cl)c2)CC1. The monoisotopic (exact) mass is 447 g/mol. The molecule has 0 bridgehead atoms. The normalized spacial score (nSPS) is 17.3. The van der Waals surface area contributed by atoms with Crippen molar-refractivity contribution < 1.29 is 13.2 Å². The molecule has 29 heavy (non-hydrogen) atoms. The van der Waals surface area contributed by atoms with Crippen molar-refractivity contribution in [3.63, 3.8) is 0 Å². The average molecular weight is 448 g/mol. The van der Waals surface area contributed by atoms with Crippen LogP contribution in [0.5, 0.6) is 0 Å². The van der Waals surface area contributed by atoms with Gasteiger partial charge in [0, 0.05) is 25.3 Å². The van der Waals surface area contributed by atoms with Gasteiger partial charge in [-0.3, -0.25) is 4.90 Å². The van der Waals surface area contributed by atoms with Crippen molar-refractivity contribution in [3.8, 4) is 0 Å². The van der Waals surface area contributed by atoms with Crippen LogP contribution in [0.25, 0.3) is 0 Å². The number of halogens is 5. The number of anilines is 1. The zero-order chi connectivity index (χ0) is 21.0. The van der Waals surface area contributed by atoms with Gasteiger partial charge in [0.1, 0.15) is 5.69 Å². The van der Waals surface area contributed by atoms with Crippen molar-refractivity contribution in [1.82, 2.24) is 14.9 Å². The lowest BCUT2D eigenvalue weighted by atomic mass is 9.89. The minimum absolute atomic E-state index is 0.0627. The third-order valence-electron chi connectivity index (χ3n) is 5.07. The van der Waals surface area contributed by atoms with Crippen LogP contribution >= 0.6 is 23.2 Å². The molecule has 0 aliphatic carbocycles. The number of nitrogens with one attached hydrogen (secondary N) is 1. The number of hydrogen-bond acceptors (Lipinski definition) is 5. The van der Waals surface area contributed by atoms with Crippen LogP contribution in [0.3, 0.4) is 0 Å². The van der Waals surface area contributed by atoms with E-state index >= 15 is 0 Å². The first-order valence-corrected chi connectivity index (χ1v) is 10.0. The van der Waals surface area contributed by atoms with Crippen LogP contribution in [0.4, 0.5) is 19.1 Å². The lowest BCUT2D eigenvalue weighted by Gasteiger charge is -2.34. The summed E-state index contributed by atoms with van der Waals surface area (Å²) in [4.78, 5) is 9.66. The molecule has 1 saturated heterocycles. The van der Waals surface area contributed by atoms with Crippen LogP contribution in [0, 0.1) is 5.92 Å². The first kappa shape index (κ1) is 22.1. The predicted octanol–water partition coefficient (Wildman–Crippen LogP) is 4.45. The first-order valence-electron chi connectivity index (χ1n) is 9.28. The Morgan fingerprint density at radius 1 is 1.17 bits per heavy atom. The highest BCUT2D eigenvalue weighted by Crippen LogP contribution is 2.28. The highest BCUT2D eigenvalue weighted by atomic mass is 35.5. The number of rotatable bonds is 6. The van der Waals surface area contributed by atoms with E-state index in [1.807, 2.05) is 12.1 Å². The van der Waals surface area contributed by atoms with Gasteiger partial charge in [0.05, 0.1) is 10.0 Å². The maximum atomic E-state index is 12.7. The molecular formula is C19H22Cl2F3N5. The molecule has 1 aliphatic heterocycles. The minimum atomic E-state index is -4.50. The van der Waals surface area contributed by atoms with Gasteiger partial charge < -0.3 is 11.1 Å². The van der Waals surface area contributed by atoms with Crippen molar-refractivity contribution in [1.29, 1.82) is 0 Å². The molecule has 3 N–H and O–H groups in total.